The van der Waals surface area contributed by atoms with Crippen molar-refractivity contribution >= 4 is 23.4 Å². The van der Waals surface area contributed by atoms with Gasteiger partial charge in [0, 0.05) is 20.1 Å². The molecule has 1 aromatic rings. The average molecular weight is 390 g/mol. The lowest BCUT2D eigenvalue weighted by atomic mass is 10.1. The molecule has 1 unspecified atom stereocenters. The molecule has 3 rings (SSSR count). The van der Waals surface area contributed by atoms with E-state index in [9.17, 15) is 14.4 Å². The van der Waals surface area contributed by atoms with Gasteiger partial charge in [0.2, 0.25) is 11.8 Å². The van der Waals surface area contributed by atoms with Crippen LogP contribution in [0.5, 0.6) is 5.75 Å². The maximum Gasteiger partial charge on any atom is 0.257 e. The summed E-state index contributed by atoms with van der Waals surface area (Å²) in [5.41, 5.74) is 0.467. The molecule has 0 radical (unpaired) electrons. The minimum Gasteiger partial charge on any atom is -0.494 e. The van der Waals surface area contributed by atoms with Crippen molar-refractivity contribution < 1.29 is 28.6 Å². The van der Waals surface area contributed by atoms with Gasteiger partial charge in [0.15, 0.2) is 6.29 Å². The Bertz CT molecular complexity index is 727. The first-order valence-corrected chi connectivity index (χ1v) is 9.45. The number of carbonyl (C=O) groups excluding carboxylic acids is 3. The lowest BCUT2D eigenvalue weighted by Gasteiger charge is -2.30. The number of nitrogens with zero attached hydrogens (tertiary/aromatic N) is 2. The van der Waals surface area contributed by atoms with Crippen LogP contribution < -0.4 is 9.64 Å². The van der Waals surface area contributed by atoms with E-state index in [1.54, 1.807) is 24.3 Å². The number of ether oxygens (including phenoxy) is 3. The molecule has 0 aromatic heterocycles. The fraction of sp³-hybridized carbons (Fsp3) is 0.550. The molecule has 1 saturated carbocycles. The largest absolute Gasteiger partial charge is 0.494 e. The summed E-state index contributed by atoms with van der Waals surface area (Å²) < 4.78 is 15.8. The minimum absolute atomic E-state index is 0.0509. The van der Waals surface area contributed by atoms with Gasteiger partial charge in [-0.25, -0.2) is 4.90 Å². The number of imide groups is 1. The molecule has 1 aliphatic heterocycles. The van der Waals surface area contributed by atoms with Crippen molar-refractivity contribution in [3.05, 3.63) is 24.3 Å². The molecule has 1 aliphatic carbocycles. The van der Waals surface area contributed by atoms with Crippen molar-refractivity contribution in [2.75, 3.05) is 32.3 Å². The van der Waals surface area contributed by atoms with Gasteiger partial charge in [-0.1, -0.05) is 0 Å². The van der Waals surface area contributed by atoms with Crippen molar-refractivity contribution in [3.8, 4) is 5.75 Å². The van der Waals surface area contributed by atoms with Crippen molar-refractivity contribution in [3.63, 3.8) is 0 Å². The first kappa shape index (κ1) is 20.3. The summed E-state index contributed by atoms with van der Waals surface area (Å²) in [4.78, 5) is 41.1. The molecule has 2 aliphatic rings. The minimum atomic E-state index is -0.847. The van der Waals surface area contributed by atoms with Crippen molar-refractivity contribution in [2.24, 2.45) is 5.92 Å². The summed E-state index contributed by atoms with van der Waals surface area (Å²) in [5, 5.41) is 0. The highest BCUT2D eigenvalue weighted by atomic mass is 16.7. The van der Waals surface area contributed by atoms with Crippen LogP contribution in [0.15, 0.2) is 24.3 Å². The van der Waals surface area contributed by atoms with E-state index in [2.05, 4.69) is 0 Å². The van der Waals surface area contributed by atoms with Gasteiger partial charge < -0.3 is 19.1 Å². The number of rotatable bonds is 9. The van der Waals surface area contributed by atoms with Crippen LogP contribution in [0.25, 0.3) is 0 Å². The third-order valence-corrected chi connectivity index (χ3v) is 4.99. The van der Waals surface area contributed by atoms with Crippen LogP contribution >= 0.6 is 0 Å². The van der Waals surface area contributed by atoms with Gasteiger partial charge in [0.1, 0.15) is 11.8 Å². The summed E-state index contributed by atoms with van der Waals surface area (Å²) >= 11 is 0. The lowest BCUT2D eigenvalue weighted by molar-refractivity contribution is -0.153. The van der Waals surface area contributed by atoms with Crippen molar-refractivity contribution in [1.29, 1.82) is 0 Å². The van der Waals surface area contributed by atoms with Gasteiger partial charge in [0.05, 0.1) is 25.3 Å². The zero-order valence-corrected chi connectivity index (χ0v) is 16.4. The monoisotopic (exact) mass is 390 g/mol. The van der Waals surface area contributed by atoms with Crippen molar-refractivity contribution in [2.45, 2.75) is 38.5 Å². The highest BCUT2D eigenvalue weighted by molar-refractivity contribution is 6.23. The molecule has 1 atom stereocenters. The van der Waals surface area contributed by atoms with Gasteiger partial charge in [-0.05, 0) is 44.0 Å². The highest BCUT2D eigenvalue weighted by Gasteiger charge is 2.47. The molecule has 1 saturated heterocycles. The molecule has 1 aromatic carbocycles. The molecule has 0 N–H and O–H groups in total. The number of anilines is 1. The lowest BCUT2D eigenvalue weighted by Crippen LogP contribution is -2.49. The van der Waals surface area contributed by atoms with E-state index in [4.69, 9.17) is 14.2 Å². The third-order valence-electron chi connectivity index (χ3n) is 4.99. The van der Waals surface area contributed by atoms with Gasteiger partial charge in [-0.15, -0.1) is 0 Å². The summed E-state index contributed by atoms with van der Waals surface area (Å²) in [6, 6.07) is 5.92. The molecule has 8 nitrogen and oxygen atoms in total. The molecular weight excluding hydrogens is 364 g/mol. The molecule has 28 heavy (non-hydrogen) atoms. The molecular formula is C20H26N2O6. The fourth-order valence-electron chi connectivity index (χ4n) is 3.33. The predicted octanol–water partition coefficient (Wildman–Crippen LogP) is 1.57. The van der Waals surface area contributed by atoms with E-state index >= 15 is 0 Å². The van der Waals surface area contributed by atoms with Gasteiger partial charge in [0.25, 0.3) is 5.91 Å². The maximum absolute atomic E-state index is 13.1. The Morgan fingerprint density at radius 1 is 1.18 bits per heavy atom. The topological polar surface area (TPSA) is 85.4 Å². The number of carbonyl (C=O) groups is 3. The maximum atomic E-state index is 13.1. The second-order valence-corrected chi connectivity index (χ2v) is 6.88. The normalized spacial score (nSPS) is 19.4. The Kier molecular flexibility index (Phi) is 6.31. The SMILES string of the molecule is CCOc1ccc(N2C(=O)CC(N(CC(OC)OC)C(=O)C3CC3)C2=O)cc1. The Morgan fingerprint density at radius 3 is 2.36 bits per heavy atom. The summed E-state index contributed by atoms with van der Waals surface area (Å²) in [6.45, 7) is 2.51. The molecule has 152 valence electrons. The van der Waals surface area contributed by atoms with Crippen LogP contribution in [0.2, 0.25) is 0 Å². The second kappa shape index (κ2) is 8.70. The molecule has 0 bridgehead atoms. The van der Waals surface area contributed by atoms with Crippen LogP contribution in [0, 0.1) is 5.92 Å². The summed E-state index contributed by atoms with van der Waals surface area (Å²) in [5.74, 6) is -0.292. The van der Waals surface area contributed by atoms with E-state index in [1.807, 2.05) is 6.92 Å². The fourth-order valence-corrected chi connectivity index (χ4v) is 3.33. The number of methoxy groups -OCH3 is 2. The van der Waals surface area contributed by atoms with E-state index in [1.165, 1.54) is 19.1 Å². The third kappa shape index (κ3) is 4.18. The van der Waals surface area contributed by atoms with Crippen LogP contribution in [0.1, 0.15) is 26.2 Å². The van der Waals surface area contributed by atoms with E-state index in [-0.39, 0.29) is 30.7 Å². The van der Waals surface area contributed by atoms with Crippen LogP contribution in [0.3, 0.4) is 0 Å². The Hall–Kier alpha value is -2.45. The Balaban J connectivity index is 1.81. The molecule has 3 amide bonds. The smallest absolute Gasteiger partial charge is 0.257 e. The first-order chi connectivity index (χ1) is 13.5. The summed E-state index contributed by atoms with van der Waals surface area (Å²) in [6.07, 6.45) is 0.893. The van der Waals surface area contributed by atoms with Gasteiger partial charge in [-0.2, -0.15) is 0 Å². The van der Waals surface area contributed by atoms with Crippen LogP contribution in [-0.4, -0.2) is 62.3 Å². The average Bonchev–Trinajstić information content (AvgIpc) is 3.50. The Morgan fingerprint density at radius 2 is 1.82 bits per heavy atom. The molecule has 1 heterocycles. The predicted molar refractivity (Wildman–Crippen MR) is 101 cm³/mol. The molecule has 8 heteroatoms. The van der Waals surface area contributed by atoms with Crippen LogP contribution in [-0.2, 0) is 23.9 Å². The van der Waals surface area contributed by atoms with E-state index in [0.717, 1.165) is 17.7 Å². The van der Waals surface area contributed by atoms with E-state index < -0.39 is 18.2 Å². The van der Waals surface area contributed by atoms with Crippen LogP contribution in [0.4, 0.5) is 5.69 Å². The number of hydrogen-bond acceptors (Lipinski definition) is 6. The van der Waals surface area contributed by atoms with Gasteiger partial charge >= 0.3 is 0 Å². The van der Waals surface area contributed by atoms with Crippen molar-refractivity contribution in [1.82, 2.24) is 4.90 Å². The van der Waals surface area contributed by atoms with E-state index in [0.29, 0.717) is 18.0 Å². The number of amides is 3. The zero-order valence-electron chi connectivity index (χ0n) is 16.4. The summed E-state index contributed by atoms with van der Waals surface area (Å²) in [7, 11) is 2.95. The standard InChI is InChI=1S/C20H26N2O6/c1-4-28-15-9-7-14(8-10-15)22-17(23)11-16(20(22)25)21(12-18(26-2)27-3)19(24)13-5-6-13/h7-10,13,16,18H,4-6,11-12H2,1-3H3. The quantitative estimate of drug-likeness (QED) is 0.470. The number of benzene rings is 1. The molecule has 0 spiro atoms. The number of hydrogen-bond donors (Lipinski definition) is 0. The molecule has 2 fully saturated rings. The second-order valence-electron chi connectivity index (χ2n) is 6.88. The van der Waals surface area contributed by atoms with Gasteiger partial charge in [-0.3, -0.25) is 14.4 Å². The Labute approximate surface area is 164 Å². The zero-order chi connectivity index (χ0) is 20.3. The first-order valence-electron chi connectivity index (χ1n) is 9.45. The highest BCUT2D eigenvalue weighted by Crippen LogP contribution is 2.34.